The van der Waals surface area contributed by atoms with Crippen LogP contribution in [0.25, 0.3) is 11.7 Å². The number of carbonyl (C=O) groups excluding carboxylic acids is 1. The largest absolute Gasteiger partial charge is 0.459 e. The molecule has 1 unspecified atom stereocenters. The van der Waals surface area contributed by atoms with Crippen LogP contribution in [-0.2, 0) is 4.79 Å². The molecular weight excluding hydrogens is 242 g/mol. The van der Waals surface area contributed by atoms with Crippen LogP contribution in [0.3, 0.4) is 0 Å². The fourth-order valence-electron chi connectivity index (χ4n) is 1.70. The third-order valence-corrected chi connectivity index (χ3v) is 2.83. The summed E-state index contributed by atoms with van der Waals surface area (Å²) < 4.78 is 10.5. The number of hydrogen-bond donors (Lipinski definition) is 1. The number of aromatic nitrogens is 2. The van der Waals surface area contributed by atoms with Crippen molar-refractivity contribution < 1.29 is 13.6 Å². The van der Waals surface area contributed by atoms with Crippen molar-refractivity contribution in [3.8, 4) is 11.7 Å². The minimum Gasteiger partial charge on any atom is -0.459 e. The van der Waals surface area contributed by atoms with Crippen LogP contribution in [-0.4, -0.2) is 27.9 Å². The molecule has 1 amide bonds. The molecule has 6 nitrogen and oxygen atoms in total. The van der Waals surface area contributed by atoms with Crippen LogP contribution in [0.15, 0.2) is 27.2 Å². The summed E-state index contributed by atoms with van der Waals surface area (Å²) in [5, 5.41) is 7.68. The van der Waals surface area contributed by atoms with Gasteiger partial charge in [-0.1, -0.05) is 5.10 Å². The molecule has 1 fully saturated rings. The van der Waals surface area contributed by atoms with E-state index in [1.165, 1.54) is 11.2 Å². The monoisotopic (exact) mass is 251 g/mol. The van der Waals surface area contributed by atoms with Crippen LogP contribution in [0, 0.1) is 0 Å². The Kier molecular flexibility index (Phi) is 2.40. The van der Waals surface area contributed by atoms with Gasteiger partial charge in [0.15, 0.2) is 5.76 Å². The van der Waals surface area contributed by atoms with Crippen molar-refractivity contribution in [1.29, 1.82) is 0 Å². The van der Waals surface area contributed by atoms with E-state index in [0.29, 0.717) is 18.7 Å². The summed E-state index contributed by atoms with van der Waals surface area (Å²) in [6.07, 6.45) is 1.91. The first kappa shape index (κ1) is 10.4. The maximum absolute atomic E-state index is 11.6. The summed E-state index contributed by atoms with van der Waals surface area (Å²) in [6, 6.07) is 3.63. The molecule has 1 saturated heterocycles. The van der Waals surface area contributed by atoms with Gasteiger partial charge in [-0.25, -0.2) is 0 Å². The first-order valence-electron chi connectivity index (χ1n) is 5.10. The van der Waals surface area contributed by atoms with Crippen molar-refractivity contribution in [2.24, 2.45) is 0 Å². The molecule has 2 aromatic rings. The molecule has 0 spiro atoms. The second-order valence-corrected chi connectivity index (χ2v) is 4.46. The molecule has 0 aromatic carbocycles. The third-order valence-electron chi connectivity index (χ3n) is 2.48. The molecule has 7 heteroatoms. The Hall–Kier alpha value is -1.76. The number of furan rings is 1. The average molecular weight is 251 g/mol. The van der Waals surface area contributed by atoms with E-state index in [-0.39, 0.29) is 23.1 Å². The lowest BCUT2D eigenvalue weighted by Gasteiger charge is -2.08. The molecular formula is C10H9N3O3S. The number of thiol groups is 1. The predicted octanol–water partition coefficient (Wildman–Crippen LogP) is 1.36. The lowest BCUT2D eigenvalue weighted by Crippen LogP contribution is -2.24. The smallest absolute Gasteiger partial charge is 0.325 e. The van der Waals surface area contributed by atoms with Gasteiger partial charge in [-0.3, -0.25) is 9.69 Å². The molecule has 88 valence electrons. The van der Waals surface area contributed by atoms with Gasteiger partial charge < -0.3 is 8.83 Å². The van der Waals surface area contributed by atoms with Gasteiger partial charge in [-0.15, -0.1) is 5.10 Å². The first-order valence-corrected chi connectivity index (χ1v) is 5.61. The van der Waals surface area contributed by atoms with Crippen LogP contribution in [0.5, 0.6) is 0 Å². The summed E-state index contributed by atoms with van der Waals surface area (Å²) in [6.45, 7) is 0.488. The zero-order chi connectivity index (χ0) is 11.8. The van der Waals surface area contributed by atoms with E-state index in [9.17, 15) is 4.79 Å². The molecule has 1 aliphatic heterocycles. The van der Waals surface area contributed by atoms with E-state index in [2.05, 4.69) is 22.8 Å². The minimum absolute atomic E-state index is 0.0152. The van der Waals surface area contributed by atoms with Crippen LogP contribution >= 0.6 is 12.6 Å². The highest BCUT2D eigenvalue weighted by Gasteiger charge is 2.32. The van der Waals surface area contributed by atoms with Crippen molar-refractivity contribution in [3.63, 3.8) is 0 Å². The second-order valence-electron chi connectivity index (χ2n) is 3.73. The molecule has 2 aromatic heterocycles. The molecule has 0 aliphatic carbocycles. The van der Waals surface area contributed by atoms with Gasteiger partial charge in [0.05, 0.1) is 6.26 Å². The average Bonchev–Trinajstić information content (AvgIpc) is 2.97. The number of hydrogen-bond acceptors (Lipinski definition) is 6. The Morgan fingerprint density at radius 1 is 1.47 bits per heavy atom. The van der Waals surface area contributed by atoms with Gasteiger partial charge in [-0.2, -0.15) is 12.6 Å². The van der Waals surface area contributed by atoms with Crippen molar-refractivity contribution >= 4 is 24.6 Å². The summed E-state index contributed by atoms with van der Waals surface area (Å²) in [5.74, 6) is 0.692. The topological polar surface area (TPSA) is 72.4 Å². The number of rotatable bonds is 2. The lowest BCUT2D eigenvalue weighted by molar-refractivity contribution is -0.117. The van der Waals surface area contributed by atoms with Crippen LogP contribution in [0.4, 0.5) is 6.01 Å². The minimum atomic E-state index is -0.0559. The van der Waals surface area contributed by atoms with Crippen LogP contribution in [0.1, 0.15) is 6.42 Å². The van der Waals surface area contributed by atoms with Gasteiger partial charge in [0.25, 0.3) is 5.89 Å². The summed E-state index contributed by atoms with van der Waals surface area (Å²) in [4.78, 5) is 13.0. The molecule has 1 aliphatic rings. The van der Waals surface area contributed by atoms with E-state index in [1.54, 1.807) is 12.1 Å². The number of amides is 1. The summed E-state index contributed by atoms with van der Waals surface area (Å²) in [7, 11) is 0. The van der Waals surface area contributed by atoms with E-state index >= 15 is 0 Å². The quantitative estimate of drug-likeness (QED) is 0.816. The Morgan fingerprint density at radius 3 is 3.00 bits per heavy atom. The molecule has 0 saturated carbocycles. The third kappa shape index (κ3) is 1.82. The lowest BCUT2D eigenvalue weighted by atomic mass is 10.4. The van der Waals surface area contributed by atoms with Gasteiger partial charge >= 0.3 is 6.01 Å². The highest BCUT2D eigenvalue weighted by atomic mass is 32.1. The van der Waals surface area contributed by atoms with Crippen molar-refractivity contribution in [3.05, 3.63) is 18.4 Å². The number of carbonyl (C=O) groups is 1. The number of anilines is 1. The van der Waals surface area contributed by atoms with E-state index in [0.717, 1.165) is 0 Å². The predicted molar refractivity (Wildman–Crippen MR) is 61.7 cm³/mol. The second kappa shape index (κ2) is 3.92. The van der Waals surface area contributed by atoms with Crippen LogP contribution in [0.2, 0.25) is 0 Å². The Morgan fingerprint density at radius 2 is 2.35 bits per heavy atom. The molecule has 0 bridgehead atoms. The highest BCUT2D eigenvalue weighted by Crippen LogP contribution is 2.26. The summed E-state index contributed by atoms with van der Waals surface area (Å²) >= 11 is 4.26. The molecule has 0 radical (unpaired) electrons. The Labute approximate surface area is 102 Å². The molecule has 3 heterocycles. The van der Waals surface area contributed by atoms with E-state index in [1.807, 2.05) is 0 Å². The maximum atomic E-state index is 11.6. The fraction of sp³-hybridized carbons (Fsp3) is 0.300. The van der Waals surface area contributed by atoms with Crippen molar-refractivity contribution in [1.82, 2.24) is 10.2 Å². The normalized spacial score (nSPS) is 20.2. The maximum Gasteiger partial charge on any atom is 0.325 e. The molecule has 17 heavy (non-hydrogen) atoms. The van der Waals surface area contributed by atoms with Crippen molar-refractivity contribution in [2.75, 3.05) is 11.4 Å². The number of nitrogens with zero attached hydrogens (tertiary/aromatic N) is 3. The standard InChI is InChI=1S/C10H9N3O3S/c14-8-4-6(17)5-13(8)10-12-11-9(16-10)7-2-1-3-15-7/h1-3,6,17H,4-5H2. The molecule has 0 N–H and O–H groups in total. The van der Waals surface area contributed by atoms with Crippen molar-refractivity contribution in [2.45, 2.75) is 11.7 Å². The van der Waals surface area contributed by atoms with Gasteiger partial charge in [-0.05, 0) is 12.1 Å². The zero-order valence-corrected chi connectivity index (χ0v) is 9.63. The van der Waals surface area contributed by atoms with Gasteiger partial charge in [0.2, 0.25) is 5.91 Å². The van der Waals surface area contributed by atoms with Crippen LogP contribution < -0.4 is 4.90 Å². The van der Waals surface area contributed by atoms with E-state index < -0.39 is 0 Å². The zero-order valence-electron chi connectivity index (χ0n) is 8.74. The SMILES string of the molecule is O=C1CC(S)CN1c1nnc(-c2ccco2)o1. The van der Waals surface area contributed by atoms with Gasteiger partial charge in [0.1, 0.15) is 0 Å². The fourth-order valence-corrected chi connectivity index (χ4v) is 2.02. The Bertz CT molecular complexity index is 537. The molecule has 3 rings (SSSR count). The van der Waals surface area contributed by atoms with E-state index in [4.69, 9.17) is 8.83 Å². The highest BCUT2D eigenvalue weighted by molar-refractivity contribution is 7.81. The Balaban J connectivity index is 1.88. The summed E-state index contributed by atoms with van der Waals surface area (Å²) in [5.41, 5.74) is 0. The van der Waals surface area contributed by atoms with Gasteiger partial charge in [0, 0.05) is 18.2 Å². The first-order chi connectivity index (χ1) is 8.24. The molecule has 1 atom stereocenters.